The number of carbonyl (C=O) groups excluding carboxylic acids is 1. The standard InChI is InChI=1S/C21H31N3O3S/c1-23(2)11-8-12-24(20(25)15-9-6-5-7-10-15)21-22-16-13-17(26-3)18(27-4)14-19(16)28-21/h13-15H,5-12H2,1-4H3. The van der Waals surface area contributed by atoms with Crippen molar-refractivity contribution in [1.29, 1.82) is 0 Å². The first-order valence-electron chi connectivity index (χ1n) is 10.0. The number of methoxy groups -OCH3 is 2. The normalized spacial score (nSPS) is 15.2. The quantitative estimate of drug-likeness (QED) is 0.659. The SMILES string of the molecule is COc1cc2nc(N(CCCN(C)C)C(=O)C3CCCCC3)sc2cc1OC. The van der Waals surface area contributed by atoms with Crippen molar-refractivity contribution in [3.8, 4) is 11.5 Å². The Bertz CT molecular complexity index is 759. The zero-order valence-corrected chi connectivity index (χ0v) is 18.2. The Balaban J connectivity index is 1.90. The van der Waals surface area contributed by atoms with Gasteiger partial charge in [-0.15, -0.1) is 0 Å². The summed E-state index contributed by atoms with van der Waals surface area (Å²) in [5, 5.41) is 0.777. The Hall–Kier alpha value is -1.86. The van der Waals surface area contributed by atoms with Gasteiger partial charge in [-0.3, -0.25) is 9.69 Å². The predicted molar refractivity (Wildman–Crippen MR) is 115 cm³/mol. The van der Waals surface area contributed by atoms with E-state index in [0.717, 1.165) is 54.0 Å². The summed E-state index contributed by atoms with van der Waals surface area (Å²) in [5.41, 5.74) is 0.840. The lowest BCUT2D eigenvalue weighted by atomic mass is 9.88. The van der Waals surface area contributed by atoms with Crippen LogP contribution < -0.4 is 14.4 Å². The summed E-state index contributed by atoms with van der Waals surface area (Å²) in [6.07, 6.45) is 6.46. The van der Waals surface area contributed by atoms with Crippen molar-refractivity contribution in [2.24, 2.45) is 5.92 Å². The molecule has 1 aromatic heterocycles. The summed E-state index contributed by atoms with van der Waals surface area (Å²) >= 11 is 1.55. The third kappa shape index (κ3) is 4.75. The lowest BCUT2D eigenvalue weighted by Crippen LogP contribution is -2.38. The molecule has 1 amide bonds. The van der Waals surface area contributed by atoms with Gasteiger partial charge in [-0.05, 0) is 39.9 Å². The van der Waals surface area contributed by atoms with Crippen LogP contribution in [-0.2, 0) is 4.79 Å². The monoisotopic (exact) mass is 405 g/mol. The number of carbonyl (C=O) groups is 1. The maximum atomic E-state index is 13.3. The number of nitrogens with zero attached hydrogens (tertiary/aromatic N) is 3. The molecule has 1 aromatic carbocycles. The number of amides is 1. The van der Waals surface area contributed by atoms with Crippen LogP contribution in [0.4, 0.5) is 5.13 Å². The average molecular weight is 406 g/mol. The molecule has 3 rings (SSSR count). The fraction of sp³-hybridized carbons (Fsp3) is 0.619. The first-order valence-corrected chi connectivity index (χ1v) is 10.8. The minimum atomic E-state index is 0.129. The van der Waals surface area contributed by atoms with Crippen LogP contribution in [0.25, 0.3) is 10.2 Å². The van der Waals surface area contributed by atoms with E-state index in [0.29, 0.717) is 18.0 Å². The summed E-state index contributed by atoms with van der Waals surface area (Å²) < 4.78 is 11.8. The van der Waals surface area contributed by atoms with Crippen molar-refractivity contribution in [3.63, 3.8) is 0 Å². The van der Waals surface area contributed by atoms with Gasteiger partial charge in [-0.2, -0.15) is 0 Å². The van der Waals surface area contributed by atoms with E-state index in [1.54, 1.807) is 25.6 Å². The molecule has 1 aliphatic rings. The third-order valence-electron chi connectivity index (χ3n) is 5.32. The van der Waals surface area contributed by atoms with E-state index in [2.05, 4.69) is 19.0 Å². The maximum Gasteiger partial charge on any atom is 0.231 e. The molecule has 0 aliphatic heterocycles. The van der Waals surface area contributed by atoms with Gasteiger partial charge in [0.1, 0.15) is 0 Å². The van der Waals surface area contributed by atoms with Gasteiger partial charge < -0.3 is 14.4 Å². The lowest BCUT2D eigenvalue weighted by Gasteiger charge is -2.28. The molecule has 7 heteroatoms. The van der Waals surface area contributed by atoms with Crippen LogP contribution in [0.15, 0.2) is 12.1 Å². The van der Waals surface area contributed by atoms with Crippen molar-refractivity contribution in [3.05, 3.63) is 12.1 Å². The average Bonchev–Trinajstić information content (AvgIpc) is 3.12. The van der Waals surface area contributed by atoms with Crippen molar-refractivity contribution in [2.75, 3.05) is 46.3 Å². The maximum absolute atomic E-state index is 13.3. The van der Waals surface area contributed by atoms with Gasteiger partial charge >= 0.3 is 0 Å². The molecule has 6 nitrogen and oxygen atoms in total. The Kier molecular flexibility index (Phi) is 7.13. The number of rotatable bonds is 8. The number of aromatic nitrogens is 1. The van der Waals surface area contributed by atoms with Crippen LogP contribution in [0.5, 0.6) is 11.5 Å². The van der Waals surface area contributed by atoms with Gasteiger partial charge in [0.05, 0.1) is 24.4 Å². The molecular formula is C21H31N3O3S. The van der Waals surface area contributed by atoms with E-state index in [-0.39, 0.29) is 11.8 Å². The van der Waals surface area contributed by atoms with Gasteiger partial charge in [-0.25, -0.2) is 4.98 Å². The number of hydrogen-bond acceptors (Lipinski definition) is 6. The van der Waals surface area contributed by atoms with E-state index in [9.17, 15) is 4.79 Å². The minimum absolute atomic E-state index is 0.129. The van der Waals surface area contributed by atoms with Crippen molar-refractivity contribution in [1.82, 2.24) is 9.88 Å². The first-order chi connectivity index (χ1) is 13.5. The van der Waals surface area contributed by atoms with Crippen LogP contribution >= 0.6 is 11.3 Å². The van der Waals surface area contributed by atoms with E-state index in [1.807, 2.05) is 17.0 Å². The predicted octanol–water partition coefficient (Wildman–Crippen LogP) is 4.18. The Labute approximate surface area is 171 Å². The second kappa shape index (κ2) is 9.56. The van der Waals surface area contributed by atoms with Crippen LogP contribution in [0.2, 0.25) is 0 Å². The molecule has 0 spiro atoms. The highest BCUT2D eigenvalue weighted by Gasteiger charge is 2.28. The van der Waals surface area contributed by atoms with Crippen molar-refractivity contribution >= 4 is 32.6 Å². The van der Waals surface area contributed by atoms with Crippen LogP contribution in [0.1, 0.15) is 38.5 Å². The van der Waals surface area contributed by atoms with Crippen LogP contribution in [0, 0.1) is 5.92 Å². The highest BCUT2D eigenvalue weighted by molar-refractivity contribution is 7.22. The number of ether oxygens (including phenoxy) is 2. The lowest BCUT2D eigenvalue weighted by molar-refractivity contribution is -0.123. The highest BCUT2D eigenvalue weighted by atomic mass is 32.1. The molecule has 28 heavy (non-hydrogen) atoms. The summed E-state index contributed by atoms with van der Waals surface area (Å²) in [5.74, 6) is 1.70. The van der Waals surface area contributed by atoms with E-state index < -0.39 is 0 Å². The topological polar surface area (TPSA) is 54.9 Å². The second-order valence-corrected chi connectivity index (χ2v) is 8.66. The molecule has 0 bridgehead atoms. The number of benzene rings is 1. The summed E-state index contributed by atoms with van der Waals surface area (Å²) in [4.78, 5) is 22.2. The van der Waals surface area contributed by atoms with Gasteiger partial charge in [0.25, 0.3) is 0 Å². The largest absolute Gasteiger partial charge is 0.493 e. The van der Waals surface area contributed by atoms with E-state index in [4.69, 9.17) is 14.5 Å². The van der Waals surface area contributed by atoms with Crippen LogP contribution in [-0.4, -0.2) is 57.2 Å². The van der Waals surface area contributed by atoms with E-state index in [1.165, 1.54) is 6.42 Å². The second-order valence-electron chi connectivity index (χ2n) is 7.65. The fourth-order valence-corrected chi connectivity index (χ4v) is 4.78. The Morgan fingerprint density at radius 3 is 2.43 bits per heavy atom. The Morgan fingerprint density at radius 1 is 1.11 bits per heavy atom. The number of fused-ring (bicyclic) bond motifs is 1. The van der Waals surface area contributed by atoms with Crippen molar-refractivity contribution < 1.29 is 14.3 Å². The molecule has 0 radical (unpaired) electrons. The molecule has 1 heterocycles. The number of thiazole rings is 1. The summed E-state index contributed by atoms with van der Waals surface area (Å²) in [6, 6.07) is 3.83. The molecule has 0 N–H and O–H groups in total. The molecule has 1 saturated carbocycles. The molecule has 154 valence electrons. The zero-order chi connectivity index (χ0) is 20.1. The van der Waals surface area contributed by atoms with Gasteiger partial charge in [0.2, 0.25) is 5.91 Å². The fourth-order valence-electron chi connectivity index (χ4n) is 3.77. The highest BCUT2D eigenvalue weighted by Crippen LogP contribution is 2.38. The molecule has 1 aliphatic carbocycles. The molecule has 0 atom stereocenters. The number of anilines is 1. The summed E-state index contributed by atoms with van der Waals surface area (Å²) in [7, 11) is 7.37. The zero-order valence-electron chi connectivity index (χ0n) is 17.4. The van der Waals surface area contributed by atoms with Gasteiger partial charge in [0, 0.05) is 24.6 Å². The van der Waals surface area contributed by atoms with Gasteiger partial charge in [0.15, 0.2) is 16.6 Å². The molecule has 0 saturated heterocycles. The molecule has 2 aromatic rings. The Morgan fingerprint density at radius 2 is 1.79 bits per heavy atom. The third-order valence-corrected chi connectivity index (χ3v) is 6.36. The number of hydrogen-bond donors (Lipinski definition) is 0. The smallest absolute Gasteiger partial charge is 0.231 e. The van der Waals surface area contributed by atoms with E-state index >= 15 is 0 Å². The molecule has 1 fully saturated rings. The minimum Gasteiger partial charge on any atom is -0.493 e. The van der Waals surface area contributed by atoms with Crippen LogP contribution in [0.3, 0.4) is 0 Å². The molecular weight excluding hydrogens is 374 g/mol. The summed E-state index contributed by atoms with van der Waals surface area (Å²) in [6.45, 7) is 1.64. The van der Waals surface area contributed by atoms with Crippen molar-refractivity contribution in [2.45, 2.75) is 38.5 Å². The molecule has 0 unspecified atom stereocenters. The van der Waals surface area contributed by atoms with Gasteiger partial charge in [-0.1, -0.05) is 30.6 Å². The first kappa shape index (κ1) is 20.9.